The van der Waals surface area contributed by atoms with E-state index < -0.39 is 5.97 Å². The van der Waals surface area contributed by atoms with Crippen LogP contribution in [0.15, 0.2) is 42.7 Å². The van der Waals surface area contributed by atoms with Crippen molar-refractivity contribution >= 4 is 40.8 Å². The molecule has 0 spiro atoms. The van der Waals surface area contributed by atoms with Crippen molar-refractivity contribution in [3.8, 4) is 0 Å². The van der Waals surface area contributed by atoms with E-state index in [0.29, 0.717) is 34.2 Å². The van der Waals surface area contributed by atoms with Crippen molar-refractivity contribution in [2.45, 2.75) is 51.5 Å². The Morgan fingerprint density at radius 3 is 2.69 bits per heavy atom. The first-order valence-corrected chi connectivity index (χ1v) is 13.0. The number of halogens is 1. The Morgan fingerprint density at radius 2 is 1.89 bits per heavy atom. The normalized spacial score (nSPS) is 17.8. The van der Waals surface area contributed by atoms with Crippen molar-refractivity contribution < 1.29 is 9.53 Å². The summed E-state index contributed by atoms with van der Waals surface area (Å²) in [6, 6.07) is 10.5. The molecular formula is C27H31ClN6O2. The summed E-state index contributed by atoms with van der Waals surface area (Å²) in [6.07, 6.45) is 10.4. The van der Waals surface area contributed by atoms with Gasteiger partial charge in [-0.2, -0.15) is 4.98 Å². The molecule has 9 heteroatoms. The average Bonchev–Trinajstić information content (AvgIpc) is 3.34. The number of nitrogens with one attached hydrogen (secondary N) is 2. The number of carbonyl (C=O) groups is 1. The third-order valence-electron chi connectivity index (χ3n) is 6.90. The van der Waals surface area contributed by atoms with Crippen LogP contribution < -0.4 is 10.6 Å². The first kappa shape index (κ1) is 24.5. The molecule has 188 valence electrons. The molecule has 0 radical (unpaired) electrons. The zero-order valence-corrected chi connectivity index (χ0v) is 21.2. The standard InChI is InChI=1S/C27H31ClN6O2/c1-2-36-26(35)22-6-5-13-29-24(22)32-25-23(28)17-30-27(33-25)31-20-10-7-18-8-11-21(12-9-19(18)16-20)34-14-3-4-15-34/h5-7,10,13,16-17,21H,2-4,8-9,11-12,14-15H2,1H3,(H2,29,30,31,32,33)/t21-/m0/s1. The summed E-state index contributed by atoms with van der Waals surface area (Å²) in [7, 11) is 0. The number of fused-ring (bicyclic) bond motifs is 1. The molecule has 36 heavy (non-hydrogen) atoms. The number of ether oxygens (including phenoxy) is 1. The molecule has 3 heterocycles. The number of carbonyl (C=O) groups excluding carboxylic acids is 1. The molecule has 0 bridgehead atoms. The van der Waals surface area contributed by atoms with Crippen molar-refractivity contribution in [2.24, 2.45) is 0 Å². The van der Waals surface area contributed by atoms with E-state index in [1.807, 2.05) is 0 Å². The fourth-order valence-corrected chi connectivity index (χ4v) is 5.21. The Kier molecular flexibility index (Phi) is 7.63. The number of benzene rings is 1. The molecule has 0 saturated carbocycles. The summed E-state index contributed by atoms with van der Waals surface area (Å²) in [5.41, 5.74) is 4.07. The van der Waals surface area contributed by atoms with Crippen molar-refractivity contribution in [1.82, 2.24) is 19.9 Å². The number of pyridine rings is 1. The number of aryl methyl sites for hydroxylation is 2. The second-order valence-corrected chi connectivity index (χ2v) is 9.63. The van der Waals surface area contributed by atoms with Gasteiger partial charge in [0.05, 0.1) is 12.8 Å². The zero-order chi connectivity index (χ0) is 24.9. The van der Waals surface area contributed by atoms with Crippen molar-refractivity contribution in [3.63, 3.8) is 0 Å². The zero-order valence-electron chi connectivity index (χ0n) is 20.5. The number of hydrogen-bond acceptors (Lipinski definition) is 8. The van der Waals surface area contributed by atoms with Crippen LogP contribution in [0.1, 0.15) is 54.1 Å². The van der Waals surface area contributed by atoms with Crippen molar-refractivity contribution in [3.05, 3.63) is 64.4 Å². The van der Waals surface area contributed by atoms with Crippen LogP contribution in [0.5, 0.6) is 0 Å². The van der Waals surface area contributed by atoms with E-state index in [1.165, 1.54) is 56.1 Å². The number of nitrogens with zero attached hydrogens (tertiary/aromatic N) is 4. The molecule has 5 rings (SSSR count). The lowest BCUT2D eigenvalue weighted by Gasteiger charge is -2.25. The Hall–Kier alpha value is -3.23. The smallest absolute Gasteiger partial charge is 0.341 e. The summed E-state index contributed by atoms with van der Waals surface area (Å²) in [5.74, 6) is 0.606. The van der Waals surface area contributed by atoms with Gasteiger partial charge in [0, 0.05) is 17.9 Å². The lowest BCUT2D eigenvalue weighted by atomic mass is 10.0. The van der Waals surface area contributed by atoms with Crippen LogP contribution in [0.4, 0.5) is 23.3 Å². The Labute approximate surface area is 216 Å². The number of esters is 1. The van der Waals surface area contributed by atoms with Crippen LogP contribution in [0.2, 0.25) is 5.02 Å². The molecular weight excluding hydrogens is 476 g/mol. The van der Waals surface area contributed by atoms with E-state index >= 15 is 0 Å². The molecule has 1 aromatic carbocycles. The highest BCUT2D eigenvalue weighted by Crippen LogP contribution is 2.30. The predicted octanol–water partition coefficient (Wildman–Crippen LogP) is 5.53. The number of aromatic nitrogens is 3. The quantitative estimate of drug-likeness (QED) is 0.319. The minimum atomic E-state index is -0.464. The van der Waals surface area contributed by atoms with Gasteiger partial charge < -0.3 is 20.3 Å². The summed E-state index contributed by atoms with van der Waals surface area (Å²) in [6.45, 7) is 4.53. The number of rotatable bonds is 7. The Morgan fingerprint density at radius 1 is 1.08 bits per heavy atom. The fraction of sp³-hybridized carbons (Fsp3) is 0.407. The van der Waals surface area contributed by atoms with Gasteiger partial charge in [0.15, 0.2) is 5.82 Å². The van der Waals surface area contributed by atoms with E-state index in [4.69, 9.17) is 16.3 Å². The average molecular weight is 507 g/mol. The van der Waals surface area contributed by atoms with E-state index in [0.717, 1.165) is 18.5 Å². The minimum absolute atomic E-state index is 0.273. The van der Waals surface area contributed by atoms with Gasteiger partial charge >= 0.3 is 5.97 Å². The highest BCUT2D eigenvalue weighted by molar-refractivity contribution is 6.33. The maximum atomic E-state index is 12.3. The topological polar surface area (TPSA) is 92.3 Å². The third kappa shape index (κ3) is 5.60. The van der Waals surface area contributed by atoms with Gasteiger partial charge in [0.2, 0.25) is 5.95 Å². The van der Waals surface area contributed by atoms with Crippen molar-refractivity contribution in [1.29, 1.82) is 0 Å². The largest absolute Gasteiger partial charge is 0.462 e. The molecule has 8 nitrogen and oxygen atoms in total. The highest BCUT2D eigenvalue weighted by atomic mass is 35.5. The first-order valence-electron chi connectivity index (χ1n) is 12.7. The number of anilines is 4. The minimum Gasteiger partial charge on any atom is -0.462 e. The highest BCUT2D eigenvalue weighted by Gasteiger charge is 2.24. The van der Waals surface area contributed by atoms with Gasteiger partial charge in [-0.15, -0.1) is 0 Å². The maximum Gasteiger partial charge on any atom is 0.341 e. The molecule has 1 fully saturated rings. The molecule has 2 aliphatic rings. The first-order chi connectivity index (χ1) is 17.6. The van der Waals surface area contributed by atoms with Gasteiger partial charge in [0.1, 0.15) is 16.4 Å². The van der Waals surface area contributed by atoms with Crippen LogP contribution in [0.3, 0.4) is 0 Å². The molecule has 1 saturated heterocycles. The number of likely N-dealkylation sites (tertiary alicyclic amines) is 1. The van der Waals surface area contributed by atoms with Gasteiger partial charge in [-0.05, 0) is 93.9 Å². The van der Waals surface area contributed by atoms with E-state index in [1.54, 1.807) is 25.3 Å². The second-order valence-electron chi connectivity index (χ2n) is 9.22. The molecule has 1 aliphatic carbocycles. The van der Waals surface area contributed by atoms with Crippen LogP contribution in [-0.2, 0) is 17.6 Å². The third-order valence-corrected chi connectivity index (χ3v) is 7.17. The van der Waals surface area contributed by atoms with Crippen LogP contribution in [0.25, 0.3) is 0 Å². The van der Waals surface area contributed by atoms with E-state index in [-0.39, 0.29) is 6.61 Å². The maximum absolute atomic E-state index is 12.3. The van der Waals surface area contributed by atoms with Gasteiger partial charge in [-0.1, -0.05) is 17.7 Å². The molecule has 3 aromatic rings. The van der Waals surface area contributed by atoms with Crippen LogP contribution >= 0.6 is 11.6 Å². The lowest BCUT2D eigenvalue weighted by molar-refractivity contribution is 0.0527. The molecule has 0 unspecified atom stereocenters. The Bertz CT molecular complexity index is 1230. The molecule has 0 amide bonds. The number of hydrogen-bond donors (Lipinski definition) is 2. The summed E-state index contributed by atoms with van der Waals surface area (Å²) >= 11 is 6.36. The molecule has 1 aliphatic heterocycles. The lowest BCUT2D eigenvalue weighted by Crippen LogP contribution is -2.32. The summed E-state index contributed by atoms with van der Waals surface area (Å²) in [4.78, 5) is 28.1. The predicted molar refractivity (Wildman–Crippen MR) is 141 cm³/mol. The van der Waals surface area contributed by atoms with Crippen LogP contribution in [0, 0.1) is 0 Å². The molecule has 1 atom stereocenters. The van der Waals surface area contributed by atoms with Crippen molar-refractivity contribution in [2.75, 3.05) is 30.3 Å². The monoisotopic (exact) mass is 506 g/mol. The van der Waals surface area contributed by atoms with Crippen LogP contribution in [-0.4, -0.2) is 51.6 Å². The summed E-state index contributed by atoms with van der Waals surface area (Å²) < 4.78 is 5.13. The van der Waals surface area contributed by atoms with Gasteiger partial charge in [-0.3, -0.25) is 0 Å². The fourth-order valence-electron chi connectivity index (χ4n) is 5.08. The van der Waals surface area contributed by atoms with E-state index in [2.05, 4.69) is 48.7 Å². The summed E-state index contributed by atoms with van der Waals surface area (Å²) in [5, 5.41) is 6.68. The van der Waals surface area contributed by atoms with E-state index in [9.17, 15) is 4.79 Å². The molecule has 2 aromatic heterocycles. The van der Waals surface area contributed by atoms with Gasteiger partial charge in [0.25, 0.3) is 0 Å². The SMILES string of the molecule is CCOC(=O)c1cccnc1Nc1nc(Nc2ccc3c(c2)CC[C@@H](N2CCCC2)CC3)ncc1Cl. The second kappa shape index (κ2) is 11.2. The molecule has 2 N–H and O–H groups in total. The Balaban J connectivity index is 1.31. The van der Waals surface area contributed by atoms with Gasteiger partial charge in [-0.25, -0.2) is 14.8 Å².